The number of hydrogen-bond acceptors (Lipinski definition) is 6. The highest BCUT2D eigenvalue weighted by molar-refractivity contribution is 7.13. The van der Waals surface area contributed by atoms with Crippen LogP contribution in [-0.4, -0.2) is 50.9 Å². The summed E-state index contributed by atoms with van der Waals surface area (Å²) in [6.45, 7) is 1.76. The van der Waals surface area contributed by atoms with E-state index in [-0.39, 0.29) is 29.6 Å². The number of aromatic nitrogens is 3. The molecule has 1 fully saturated rings. The lowest BCUT2D eigenvalue weighted by molar-refractivity contribution is -0.132. The van der Waals surface area contributed by atoms with Gasteiger partial charge in [-0.2, -0.15) is 4.37 Å². The van der Waals surface area contributed by atoms with Crippen molar-refractivity contribution in [1.29, 1.82) is 0 Å². The van der Waals surface area contributed by atoms with E-state index in [1.54, 1.807) is 35.2 Å². The van der Waals surface area contributed by atoms with Crippen molar-refractivity contribution in [1.82, 2.24) is 18.8 Å². The van der Waals surface area contributed by atoms with Crippen LogP contribution in [0.2, 0.25) is 0 Å². The van der Waals surface area contributed by atoms with Crippen LogP contribution in [-0.2, 0) is 11.3 Å². The van der Waals surface area contributed by atoms with Gasteiger partial charge in [0.15, 0.2) is 0 Å². The van der Waals surface area contributed by atoms with Crippen molar-refractivity contribution in [3.8, 4) is 11.3 Å². The Morgan fingerprint density at radius 1 is 1.00 bits per heavy atom. The Balaban J connectivity index is 1.30. The van der Waals surface area contributed by atoms with Crippen LogP contribution in [0.4, 0.5) is 14.5 Å². The molecule has 33 heavy (non-hydrogen) atoms. The molecule has 0 unspecified atom stereocenters. The molecule has 0 bridgehead atoms. The standard InChI is InChI=1S/C23H19F2N5O2S/c24-16-7-5-15(6-8-16)20-21-22(33-27-20)23(32)30(14-26-21)13-19(31)29-11-9-28(10-12-29)18-4-2-1-3-17(18)25/h1-8,14H,9-13H2. The third kappa shape index (κ3) is 4.09. The van der Waals surface area contributed by atoms with Crippen molar-refractivity contribution >= 4 is 33.3 Å². The lowest BCUT2D eigenvalue weighted by Gasteiger charge is -2.36. The van der Waals surface area contributed by atoms with E-state index < -0.39 is 0 Å². The first-order valence-corrected chi connectivity index (χ1v) is 11.2. The summed E-state index contributed by atoms with van der Waals surface area (Å²) in [4.78, 5) is 33.7. The molecule has 2 aromatic heterocycles. The second-order valence-corrected chi connectivity index (χ2v) is 8.49. The summed E-state index contributed by atoms with van der Waals surface area (Å²) >= 11 is 1.01. The van der Waals surface area contributed by atoms with Crippen molar-refractivity contribution in [2.75, 3.05) is 31.1 Å². The minimum atomic E-state index is -0.359. The van der Waals surface area contributed by atoms with E-state index >= 15 is 0 Å². The van der Waals surface area contributed by atoms with Gasteiger partial charge in [0.1, 0.15) is 34.1 Å². The third-order valence-corrected chi connectivity index (χ3v) is 6.52. The summed E-state index contributed by atoms with van der Waals surface area (Å²) in [6, 6.07) is 12.4. The number of carbonyl (C=O) groups is 1. The van der Waals surface area contributed by atoms with E-state index in [9.17, 15) is 18.4 Å². The van der Waals surface area contributed by atoms with Crippen LogP contribution >= 0.6 is 11.5 Å². The highest BCUT2D eigenvalue weighted by Gasteiger charge is 2.24. The predicted molar refractivity (Wildman–Crippen MR) is 122 cm³/mol. The number of hydrogen-bond donors (Lipinski definition) is 0. The van der Waals surface area contributed by atoms with Crippen LogP contribution in [0.25, 0.3) is 21.5 Å². The van der Waals surface area contributed by atoms with Gasteiger partial charge in [0.2, 0.25) is 5.91 Å². The van der Waals surface area contributed by atoms with E-state index in [0.29, 0.717) is 53.3 Å². The lowest BCUT2D eigenvalue weighted by atomic mass is 10.1. The van der Waals surface area contributed by atoms with Gasteiger partial charge in [-0.05, 0) is 47.9 Å². The Morgan fingerprint density at radius 2 is 1.73 bits per heavy atom. The summed E-state index contributed by atoms with van der Waals surface area (Å²) in [5, 5.41) is 0. The Kier molecular flexibility index (Phi) is 5.59. The van der Waals surface area contributed by atoms with E-state index in [2.05, 4.69) is 9.36 Å². The fourth-order valence-corrected chi connectivity index (χ4v) is 4.72. The van der Waals surface area contributed by atoms with Gasteiger partial charge in [-0.25, -0.2) is 13.8 Å². The zero-order valence-corrected chi connectivity index (χ0v) is 18.3. The lowest BCUT2D eigenvalue weighted by Crippen LogP contribution is -2.50. The van der Waals surface area contributed by atoms with Crippen LogP contribution in [0.15, 0.2) is 59.7 Å². The maximum atomic E-state index is 14.0. The number of anilines is 1. The highest BCUT2D eigenvalue weighted by Crippen LogP contribution is 2.27. The number of halogens is 2. The fraction of sp³-hybridized carbons (Fsp3) is 0.217. The van der Waals surface area contributed by atoms with Gasteiger partial charge in [0.05, 0.1) is 12.0 Å². The van der Waals surface area contributed by atoms with Gasteiger partial charge in [-0.15, -0.1) is 0 Å². The number of benzene rings is 2. The molecule has 4 aromatic rings. The normalized spacial score (nSPS) is 14.1. The first-order valence-electron chi connectivity index (χ1n) is 10.4. The van der Waals surface area contributed by atoms with E-state index in [0.717, 1.165) is 11.5 Å². The number of para-hydroxylation sites is 1. The summed E-state index contributed by atoms with van der Waals surface area (Å²) in [6.07, 6.45) is 1.35. The zero-order chi connectivity index (χ0) is 22.9. The van der Waals surface area contributed by atoms with Gasteiger partial charge in [-0.1, -0.05) is 12.1 Å². The molecule has 5 rings (SSSR count). The summed E-state index contributed by atoms with van der Waals surface area (Å²) in [5.41, 5.74) is 1.78. The number of piperazine rings is 1. The second-order valence-electron chi connectivity index (χ2n) is 7.71. The van der Waals surface area contributed by atoms with Crippen LogP contribution in [0.5, 0.6) is 0 Å². The largest absolute Gasteiger partial charge is 0.366 e. The van der Waals surface area contributed by atoms with Crippen LogP contribution < -0.4 is 10.5 Å². The first-order chi connectivity index (χ1) is 16.0. The van der Waals surface area contributed by atoms with Crippen LogP contribution in [0.1, 0.15) is 0 Å². The second kappa shape index (κ2) is 8.70. The number of fused-ring (bicyclic) bond motifs is 1. The van der Waals surface area contributed by atoms with Crippen LogP contribution in [0, 0.1) is 11.6 Å². The molecule has 0 atom stereocenters. The Bertz CT molecular complexity index is 1380. The molecule has 0 saturated carbocycles. The fourth-order valence-electron chi connectivity index (χ4n) is 3.92. The average Bonchev–Trinajstić information content (AvgIpc) is 3.27. The van der Waals surface area contributed by atoms with E-state index in [1.807, 2.05) is 4.90 Å². The molecule has 7 nitrogen and oxygen atoms in total. The van der Waals surface area contributed by atoms with Gasteiger partial charge in [-0.3, -0.25) is 14.2 Å². The molecule has 1 amide bonds. The molecule has 1 aliphatic heterocycles. The predicted octanol–water partition coefficient (Wildman–Crippen LogP) is 3.15. The van der Waals surface area contributed by atoms with Gasteiger partial charge in [0, 0.05) is 31.7 Å². The monoisotopic (exact) mass is 467 g/mol. The summed E-state index contributed by atoms with van der Waals surface area (Å²) < 4.78 is 33.2. The Hall–Kier alpha value is -3.66. The Morgan fingerprint density at radius 3 is 2.45 bits per heavy atom. The van der Waals surface area contributed by atoms with Crippen molar-refractivity contribution in [2.24, 2.45) is 0 Å². The minimum Gasteiger partial charge on any atom is -0.366 e. The van der Waals surface area contributed by atoms with Crippen molar-refractivity contribution in [3.05, 3.63) is 76.8 Å². The molecule has 0 radical (unpaired) electrons. The molecule has 10 heteroatoms. The maximum absolute atomic E-state index is 14.0. The van der Waals surface area contributed by atoms with Gasteiger partial charge < -0.3 is 9.80 Å². The number of carbonyl (C=O) groups excluding carboxylic acids is 1. The molecule has 0 aliphatic carbocycles. The molecule has 0 spiro atoms. The zero-order valence-electron chi connectivity index (χ0n) is 17.4. The summed E-state index contributed by atoms with van der Waals surface area (Å²) in [5.74, 6) is -0.843. The van der Waals surface area contributed by atoms with Gasteiger partial charge in [0.25, 0.3) is 5.56 Å². The molecule has 2 aromatic carbocycles. The number of amides is 1. The van der Waals surface area contributed by atoms with Crippen LogP contribution in [0.3, 0.4) is 0 Å². The number of nitrogens with zero attached hydrogens (tertiary/aromatic N) is 5. The smallest absolute Gasteiger partial charge is 0.273 e. The summed E-state index contributed by atoms with van der Waals surface area (Å²) in [7, 11) is 0. The molecule has 1 saturated heterocycles. The molecule has 1 aliphatic rings. The van der Waals surface area contributed by atoms with Crippen molar-refractivity contribution in [3.63, 3.8) is 0 Å². The molecular weight excluding hydrogens is 448 g/mol. The quantitative estimate of drug-likeness (QED) is 0.461. The van der Waals surface area contributed by atoms with Gasteiger partial charge >= 0.3 is 0 Å². The van der Waals surface area contributed by atoms with Crippen molar-refractivity contribution in [2.45, 2.75) is 6.54 Å². The SMILES string of the molecule is O=C(Cn1cnc2c(-c3ccc(F)cc3)nsc2c1=O)N1CCN(c2ccccc2F)CC1. The Labute approximate surface area is 191 Å². The molecule has 0 N–H and O–H groups in total. The number of rotatable bonds is 4. The third-order valence-electron chi connectivity index (χ3n) is 5.70. The van der Waals surface area contributed by atoms with E-state index in [1.165, 1.54) is 29.1 Å². The topological polar surface area (TPSA) is 71.3 Å². The molecule has 3 heterocycles. The first kappa shape index (κ1) is 21.2. The maximum Gasteiger partial charge on any atom is 0.273 e. The molecular formula is C23H19F2N5O2S. The highest BCUT2D eigenvalue weighted by atomic mass is 32.1. The van der Waals surface area contributed by atoms with Crippen molar-refractivity contribution < 1.29 is 13.6 Å². The average molecular weight is 468 g/mol. The van der Waals surface area contributed by atoms with E-state index in [4.69, 9.17) is 0 Å². The minimum absolute atomic E-state index is 0.134. The molecule has 168 valence electrons.